The van der Waals surface area contributed by atoms with Crippen LogP contribution in [0, 0.1) is 0 Å². The van der Waals surface area contributed by atoms with E-state index >= 15 is 0 Å². The first-order chi connectivity index (χ1) is 27.2. The van der Waals surface area contributed by atoms with Crippen molar-refractivity contribution in [1.82, 2.24) is 19.9 Å². The van der Waals surface area contributed by atoms with Crippen molar-refractivity contribution in [3.8, 4) is 78.7 Å². The number of fused-ring (bicyclic) bond motifs is 3. The Balaban J connectivity index is 1.12. The molecule has 0 N–H and O–H groups in total. The largest absolute Gasteiger partial charge is 0.454 e. The van der Waals surface area contributed by atoms with Crippen LogP contribution in [0.5, 0.6) is 0 Å². The molecule has 0 amide bonds. The van der Waals surface area contributed by atoms with Gasteiger partial charge in [0.15, 0.2) is 23.1 Å². The van der Waals surface area contributed by atoms with Gasteiger partial charge in [-0.05, 0) is 57.1 Å². The first-order valence-electron chi connectivity index (χ1n) is 18.3. The molecule has 10 aromatic rings. The molecule has 0 radical (unpaired) electrons. The average Bonchev–Trinajstić information content (AvgIpc) is 3.67. The first-order valence-corrected chi connectivity index (χ1v) is 18.3. The Morgan fingerprint density at radius 1 is 0.327 bits per heavy atom. The summed E-state index contributed by atoms with van der Waals surface area (Å²) >= 11 is 0. The van der Waals surface area contributed by atoms with Gasteiger partial charge in [-0.25, -0.2) is 15.0 Å². The van der Waals surface area contributed by atoms with Crippen molar-refractivity contribution in [1.29, 1.82) is 0 Å². The molecule has 0 atom stereocenters. The van der Waals surface area contributed by atoms with Crippen molar-refractivity contribution in [2.24, 2.45) is 0 Å². The monoisotopic (exact) mass is 704 g/mol. The number of pyridine rings is 1. The Morgan fingerprint density at radius 2 is 0.800 bits per heavy atom. The van der Waals surface area contributed by atoms with Gasteiger partial charge >= 0.3 is 0 Å². The maximum absolute atomic E-state index is 6.63. The highest BCUT2D eigenvalue weighted by atomic mass is 16.3. The number of hydrogen-bond donors (Lipinski definition) is 0. The highest BCUT2D eigenvalue weighted by Crippen LogP contribution is 2.40. The smallest absolute Gasteiger partial charge is 0.164 e. The van der Waals surface area contributed by atoms with Crippen LogP contribution in [0.3, 0.4) is 0 Å². The summed E-state index contributed by atoms with van der Waals surface area (Å²) in [4.78, 5) is 20.3. The van der Waals surface area contributed by atoms with E-state index < -0.39 is 0 Å². The van der Waals surface area contributed by atoms with E-state index in [0.717, 1.165) is 77.7 Å². The highest BCUT2D eigenvalue weighted by molar-refractivity contribution is 6.13. The van der Waals surface area contributed by atoms with Crippen LogP contribution in [0.25, 0.3) is 101 Å². The number of hydrogen-bond acceptors (Lipinski definition) is 5. The van der Waals surface area contributed by atoms with Crippen LogP contribution in [0.4, 0.5) is 0 Å². The summed E-state index contributed by atoms with van der Waals surface area (Å²) in [6, 6.07) is 64.5. The second-order valence-corrected chi connectivity index (χ2v) is 13.5. The zero-order chi connectivity index (χ0) is 36.6. The molecule has 0 aliphatic heterocycles. The zero-order valence-electron chi connectivity index (χ0n) is 29.7. The van der Waals surface area contributed by atoms with E-state index in [-0.39, 0.29) is 0 Å². The molecule has 5 heteroatoms. The second kappa shape index (κ2) is 13.8. The number of benzene rings is 7. The van der Waals surface area contributed by atoms with Gasteiger partial charge in [-0.1, -0.05) is 170 Å². The molecule has 0 fully saturated rings. The summed E-state index contributed by atoms with van der Waals surface area (Å²) in [6.45, 7) is 0. The van der Waals surface area contributed by atoms with Crippen molar-refractivity contribution >= 4 is 22.1 Å². The van der Waals surface area contributed by atoms with Crippen LogP contribution in [0.15, 0.2) is 199 Å². The Kier molecular flexibility index (Phi) is 8.08. The van der Waals surface area contributed by atoms with E-state index in [1.807, 2.05) is 48.7 Å². The standard InChI is InChI=1S/C50H32N4O/c1-4-12-33(13-5-1)36-22-26-38(27-23-36)42-30-31-51-46-45-43(20-11-21-44(45)55-47(42)46)50-53-48(39-28-24-37(25-29-39)34-14-6-2-7-15-34)52-49(54-50)41-19-10-18-40(32-41)35-16-8-3-9-17-35/h1-32H. The molecule has 0 aliphatic carbocycles. The van der Waals surface area contributed by atoms with Crippen LogP contribution in [-0.4, -0.2) is 19.9 Å². The van der Waals surface area contributed by atoms with Gasteiger partial charge in [-0.15, -0.1) is 0 Å². The molecule has 3 aromatic heterocycles. The predicted molar refractivity (Wildman–Crippen MR) is 223 cm³/mol. The van der Waals surface area contributed by atoms with Crippen LogP contribution in [0.1, 0.15) is 0 Å². The third kappa shape index (κ3) is 6.14. The number of furan rings is 1. The highest BCUT2D eigenvalue weighted by Gasteiger charge is 2.20. The van der Waals surface area contributed by atoms with Crippen molar-refractivity contribution in [2.75, 3.05) is 0 Å². The van der Waals surface area contributed by atoms with Crippen LogP contribution in [-0.2, 0) is 0 Å². The third-order valence-electron chi connectivity index (χ3n) is 10.0. The topological polar surface area (TPSA) is 64.7 Å². The second-order valence-electron chi connectivity index (χ2n) is 13.5. The lowest BCUT2D eigenvalue weighted by Crippen LogP contribution is -2.00. The minimum absolute atomic E-state index is 0.546. The van der Waals surface area contributed by atoms with Crippen LogP contribution < -0.4 is 0 Å². The molecule has 0 aliphatic rings. The van der Waals surface area contributed by atoms with Crippen LogP contribution in [0.2, 0.25) is 0 Å². The molecule has 0 saturated heterocycles. The van der Waals surface area contributed by atoms with Crippen LogP contribution >= 0.6 is 0 Å². The average molecular weight is 705 g/mol. The fraction of sp³-hybridized carbons (Fsp3) is 0. The normalized spacial score (nSPS) is 11.3. The summed E-state index contributed by atoms with van der Waals surface area (Å²) in [7, 11) is 0. The molecular weight excluding hydrogens is 673 g/mol. The van der Waals surface area contributed by atoms with Gasteiger partial charge in [-0.3, -0.25) is 4.98 Å². The minimum atomic E-state index is 0.546. The van der Waals surface area contributed by atoms with Gasteiger partial charge in [0.25, 0.3) is 0 Å². The van der Waals surface area contributed by atoms with Crippen molar-refractivity contribution in [3.63, 3.8) is 0 Å². The summed E-state index contributed by atoms with van der Waals surface area (Å²) in [5, 5.41) is 0.862. The van der Waals surface area contributed by atoms with Gasteiger partial charge in [-0.2, -0.15) is 0 Å². The Morgan fingerprint density at radius 3 is 1.44 bits per heavy atom. The van der Waals surface area contributed by atoms with Gasteiger partial charge in [0.1, 0.15) is 11.1 Å². The SMILES string of the molecule is c1ccc(-c2ccc(-c3nc(-c4cccc(-c5ccccc5)c4)nc(-c4cccc5oc6c(-c7ccc(-c8ccccc8)cc7)ccnc6c45)n3)cc2)cc1. The first kappa shape index (κ1) is 32.2. The maximum Gasteiger partial charge on any atom is 0.164 e. The van der Waals surface area contributed by atoms with E-state index in [4.69, 9.17) is 24.4 Å². The molecule has 3 heterocycles. The summed E-state index contributed by atoms with van der Waals surface area (Å²) in [5.41, 5.74) is 13.7. The van der Waals surface area contributed by atoms with Crippen molar-refractivity contribution < 1.29 is 4.42 Å². The summed E-state index contributed by atoms with van der Waals surface area (Å²) in [6.07, 6.45) is 1.85. The maximum atomic E-state index is 6.63. The molecule has 0 spiro atoms. The van der Waals surface area contributed by atoms with Gasteiger partial charge in [0.2, 0.25) is 0 Å². The van der Waals surface area contributed by atoms with Crippen molar-refractivity contribution in [2.45, 2.75) is 0 Å². The molecule has 7 aromatic carbocycles. The van der Waals surface area contributed by atoms with Crippen molar-refractivity contribution in [3.05, 3.63) is 194 Å². The zero-order valence-corrected chi connectivity index (χ0v) is 29.7. The predicted octanol–water partition coefficient (Wildman–Crippen LogP) is 12.8. The van der Waals surface area contributed by atoms with E-state index in [0.29, 0.717) is 17.5 Å². The Bertz CT molecular complexity index is 2940. The molecule has 0 unspecified atom stereocenters. The summed E-state index contributed by atoms with van der Waals surface area (Å²) < 4.78 is 6.63. The van der Waals surface area contributed by atoms with E-state index in [1.54, 1.807) is 0 Å². The molecule has 0 saturated carbocycles. The van der Waals surface area contributed by atoms with Gasteiger partial charge in [0, 0.05) is 28.5 Å². The number of rotatable bonds is 7. The van der Waals surface area contributed by atoms with Gasteiger partial charge < -0.3 is 4.42 Å². The molecule has 10 rings (SSSR count). The van der Waals surface area contributed by atoms with E-state index in [1.165, 1.54) is 5.56 Å². The molecular formula is C50H32N4O. The number of nitrogens with zero attached hydrogens (tertiary/aromatic N) is 4. The van der Waals surface area contributed by atoms with E-state index in [2.05, 4.69) is 146 Å². The Hall–Kier alpha value is -7.50. The Labute approximate surface area is 318 Å². The third-order valence-corrected chi connectivity index (χ3v) is 10.0. The lowest BCUT2D eigenvalue weighted by molar-refractivity contribution is 0.669. The molecule has 5 nitrogen and oxygen atoms in total. The molecule has 258 valence electrons. The van der Waals surface area contributed by atoms with E-state index in [9.17, 15) is 0 Å². The fourth-order valence-corrected chi connectivity index (χ4v) is 7.25. The summed E-state index contributed by atoms with van der Waals surface area (Å²) in [5.74, 6) is 1.72. The molecule has 55 heavy (non-hydrogen) atoms. The minimum Gasteiger partial charge on any atom is -0.454 e. The lowest BCUT2D eigenvalue weighted by atomic mass is 10.00. The van der Waals surface area contributed by atoms with Gasteiger partial charge in [0.05, 0.1) is 5.39 Å². The molecule has 0 bridgehead atoms. The number of aromatic nitrogens is 4. The lowest BCUT2D eigenvalue weighted by Gasteiger charge is -2.11. The fourth-order valence-electron chi connectivity index (χ4n) is 7.25. The quantitative estimate of drug-likeness (QED) is 0.165.